The number of carbonyl (C=O) groups excluding carboxylic acids is 1. The van der Waals surface area contributed by atoms with E-state index in [-0.39, 0.29) is 17.6 Å². The van der Waals surface area contributed by atoms with Gasteiger partial charge in [0.05, 0.1) is 0 Å². The van der Waals surface area contributed by atoms with Crippen LogP contribution in [-0.4, -0.2) is 24.0 Å². The van der Waals surface area contributed by atoms with Crippen LogP contribution in [0.15, 0.2) is 48.8 Å². The molecule has 2 aromatic rings. The highest BCUT2D eigenvalue weighted by Gasteiger charge is 2.24. The monoisotopic (exact) mass is 313 g/mol. The zero-order chi connectivity index (χ0) is 16.1. The molecule has 1 fully saturated rings. The van der Waals surface area contributed by atoms with Gasteiger partial charge in [0.2, 0.25) is 5.91 Å². The van der Waals surface area contributed by atoms with Crippen LogP contribution in [0.3, 0.4) is 0 Å². The Morgan fingerprint density at radius 2 is 1.96 bits per heavy atom. The maximum Gasteiger partial charge on any atom is 0.223 e. The average Bonchev–Trinajstić information content (AvgIpc) is 2.61. The van der Waals surface area contributed by atoms with E-state index in [9.17, 15) is 9.18 Å². The van der Waals surface area contributed by atoms with Crippen LogP contribution in [0.5, 0.6) is 0 Å². The van der Waals surface area contributed by atoms with Gasteiger partial charge in [-0.1, -0.05) is 12.1 Å². The van der Waals surface area contributed by atoms with E-state index in [1.165, 1.54) is 12.1 Å². The summed E-state index contributed by atoms with van der Waals surface area (Å²) in [5.74, 6) is -0.187. The lowest BCUT2D eigenvalue weighted by Gasteiger charge is -2.32. The molecule has 5 heteroatoms. The molecule has 1 N–H and O–H groups in total. The quantitative estimate of drug-likeness (QED) is 0.944. The summed E-state index contributed by atoms with van der Waals surface area (Å²) in [6.07, 6.45) is 5.23. The van der Waals surface area contributed by atoms with Gasteiger partial charge in [-0.15, -0.1) is 0 Å². The van der Waals surface area contributed by atoms with E-state index in [0.29, 0.717) is 6.54 Å². The van der Waals surface area contributed by atoms with Gasteiger partial charge < -0.3 is 10.2 Å². The first-order valence-corrected chi connectivity index (χ1v) is 7.89. The molecular formula is C18H20FN3O. The molecule has 0 unspecified atom stereocenters. The molecule has 0 spiro atoms. The Hall–Kier alpha value is -2.43. The van der Waals surface area contributed by atoms with Crippen molar-refractivity contribution in [1.29, 1.82) is 0 Å². The van der Waals surface area contributed by atoms with Crippen molar-refractivity contribution in [3.63, 3.8) is 0 Å². The van der Waals surface area contributed by atoms with Gasteiger partial charge in [0, 0.05) is 43.6 Å². The number of rotatable bonds is 4. The highest BCUT2D eigenvalue weighted by molar-refractivity contribution is 5.79. The van der Waals surface area contributed by atoms with Gasteiger partial charge in [-0.25, -0.2) is 4.39 Å². The molecule has 4 nitrogen and oxygen atoms in total. The van der Waals surface area contributed by atoms with Crippen molar-refractivity contribution >= 4 is 11.6 Å². The molecule has 0 atom stereocenters. The standard InChI is InChI=1S/C18H20FN3O/c19-16-3-1-2-14(12-16)13-21-18(23)15-6-10-22(11-7-15)17-4-8-20-9-5-17/h1-5,8-9,12,15H,6-7,10-11,13H2,(H,21,23). The highest BCUT2D eigenvalue weighted by atomic mass is 19.1. The van der Waals surface area contributed by atoms with Gasteiger partial charge in [-0.2, -0.15) is 0 Å². The SMILES string of the molecule is O=C(NCc1cccc(F)c1)C1CCN(c2ccncc2)CC1. The number of piperidine rings is 1. The van der Waals surface area contributed by atoms with Crippen LogP contribution in [0.1, 0.15) is 18.4 Å². The van der Waals surface area contributed by atoms with E-state index in [0.717, 1.165) is 37.2 Å². The maximum atomic E-state index is 13.1. The zero-order valence-electron chi connectivity index (χ0n) is 12.9. The molecule has 23 heavy (non-hydrogen) atoms. The second-order valence-electron chi connectivity index (χ2n) is 5.81. The number of aromatic nitrogens is 1. The second kappa shape index (κ2) is 7.22. The smallest absolute Gasteiger partial charge is 0.223 e. The number of benzene rings is 1. The van der Waals surface area contributed by atoms with Crippen molar-refractivity contribution in [1.82, 2.24) is 10.3 Å². The zero-order valence-corrected chi connectivity index (χ0v) is 12.9. The molecule has 1 saturated heterocycles. The summed E-state index contributed by atoms with van der Waals surface area (Å²) < 4.78 is 13.1. The fourth-order valence-electron chi connectivity index (χ4n) is 2.94. The number of nitrogens with zero attached hydrogens (tertiary/aromatic N) is 2. The Bertz CT molecular complexity index is 654. The predicted molar refractivity (Wildman–Crippen MR) is 87.4 cm³/mol. The van der Waals surface area contributed by atoms with Gasteiger partial charge >= 0.3 is 0 Å². The highest BCUT2D eigenvalue weighted by Crippen LogP contribution is 2.22. The Kier molecular flexibility index (Phi) is 4.86. The molecule has 0 bridgehead atoms. The molecule has 120 valence electrons. The van der Waals surface area contributed by atoms with E-state index >= 15 is 0 Å². The first-order chi connectivity index (χ1) is 11.2. The van der Waals surface area contributed by atoms with Crippen LogP contribution < -0.4 is 10.2 Å². The lowest BCUT2D eigenvalue weighted by Crippen LogP contribution is -2.40. The van der Waals surface area contributed by atoms with Crippen LogP contribution in [0, 0.1) is 11.7 Å². The fraction of sp³-hybridized carbons (Fsp3) is 0.333. The van der Waals surface area contributed by atoms with Gasteiger partial charge in [0.1, 0.15) is 5.82 Å². The Labute approximate surface area is 135 Å². The Balaban J connectivity index is 1.48. The van der Waals surface area contributed by atoms with E-state index in [4.69, 9.17) is 0 Å². The number of hydrogen-bond donors (Lipinski definition) is 1. The number of amides is 1. The summed E-state index contributed by atoms with van der Waals surface area (Å²) in [5, 5.41) is 2.92. The minimum absolute atomic E-state index is 0.0293. The summed E-state index contributed by atoms with van der Waals surface area (Å²) in [4.78, 5) is 18.6. The maximum absolute atomic E-state index is 13.1. The summed E-state index contributed by atoms with van der Waals surface area (Å²) >= 11 is 0. The summed E-state index contributed by atoms with van der Waals surface area (Å²) in [6.45, 7) is 2.10. The molecule has 1 amide bonds. The Morgan fingerprint density at radius 3 is 2.65 bits per heavy atom. The van der Waals surface area contributed by atoms with Crippen molar-refractivity contribution < 1.29 is 9.18 Å². The van der Waals surface area contributed by atoms with Gasteiger partial charge in [-0.3, -0.25) is 9.78 Å². The minimum Gasteiger partial charge on any atom is -0.371 e. The van der Waals surface area contributed by atoms with Gasteiger partial charge in [0.25, 0.3) is 0 Å². The molecule has 0 aliphatic carbocycles. The second-order valence-corrected chi connectivity index (χ2v) is 5.81. The third kappa shape index (κ3) is 4.06. The molecule has 0 radical (unpaired) electrons. The molecule has 1 aromatic carbocycles. The third-order valence-electron chi connectivity index (χ3n) is 4.25. The fourth-order valence-corrected chi connectivity index (χ4v) is 2.94. The lowest BCUT2D eigenvalue weighted by molar-refractivity contribution is -0.125. The first kappa shape index (κ1) is 15.5. The Morgan fingerprint density at radius 1 is 1.22 bits per heavy atom. The number of pyridine rings is 1. The van der Waals surface area contributed by atoms with E-state index in [2.05, 4.69) is 15.2 Å². The number of carbonyl (C=O) groups is 1. The molecule has 1 aliphatic heterocycles. The normalized spacial score (nSPS) is 15.4. The minimum atomic E-state index is -0.276. The molecule has 2 heterocycles. The van der Waals surface area contributed by atoms with Crippen molar-refractivity contribution in [2.75, 3.05) is 18.0 Å². The van der Waals surface area contributed by atoms with Crippen molar-refractivity contribution in [3.8, 4) is 0 Å². The summed E-state index contributed by atoms with van der Waals surface area (Å²) in [6, 6.07) is 10.3. The van der Waals surface area contributed by atoms with Gasteiger partial charge in [-0.05, 0) is 42.7 Å². The largest absolute Gasteiger partial charge is 0.371 e. The topological polar surface area (TPSA) is 45.2 Å². The van der Waals surface area contributed by atoms with Crippen molar-refractivity contribution in [2.24, 2.45) is 5.92 Å². The lowest BCUT2D eigenvalue weighted by atomic mass is 9.95. The van der Waals surface area contributed by atoms with E-state index in [1.807, 2.05) is 18.2 Å². The third-order valence-corrected chi connectivity index (χ3v) is 4.25. The molecule has 1 aromatic heterocycles. The van der Waals surface area contributed by atoms with Crippen LogP contribution in [0.2, 0.25) is 0 Å². The molecule has 1 aliphatic rings. The predicted octanol–water partition coefficient (Wildman–Crippen LogP) is 2.75. The summed E-state index contributed by atoms with van der Waals surface area (Å²) in [5.41, 5.74) is 1.94. The van der Waals surface area contributed by atoms with E-state index < -0.39 is 0 Å². The molecule has 3 rings (SSSR count). The van der Waals surface area contributed by atoms with Crippen molar-refractivity contribution in [2.45, 2.75) is 19.4 Å². The molecule has 0 saturated carbocycles. The number of hydrogen-bond acceptors (Lipinski definition) is 3. The van der Waals surface area contributed by atoms with Crippen LogP contribution in [0.4, 0.5) is 10.1 Å². The average molecular weight is 313 g/mol. The summed E-state index contributed by atoms with van der Waals surface area (Å²) in [7, 11) is 0. The van der Waals surface area contributed by atoms with Crippen LogP contribution in [0.25, 0.3) is 0 Å². The van der Waals surface area contributed by atoms with Crippen molar-refractivity contribution in [3.05, 3.63) is 60.2 Å². The number of anilines is 1. The van der Waals surface area contributed by atoms with Crippen LogP contribution in [-0.2, 0) is 11.3 Å². The van der Waals surface area contributed by atoms with Gasteiger partial charge in [0.15, 0.2) is 0 Å². The van der Waals surface area contributed by atoms with Crippen LogP contribution >= 0.6 is 0 Å². The number of halogens is 1. The number of nitrogens with one attached hydrogen (secondary N) is 1. The van der Waals surface area contributed by atoms with E-state index in [1.54, 1.807) is 18.5 Å². The first-order valence-electron chi connectivity index (χ1n) is 7.89. The molecular weight excluding hydrogens is 293 g/mol.